The lowest BCUT2D eigenvalue weighted by atomic mass is 9.85. The largest absolute Gasteiger partial charge is 0.457 e. The van der Waals surface area contributed by atoms with Crippen LogP contribution in [0.25, 0.3) is 22.3 Å². The lowest BCUT2D eigenvalue weighted by Crippen LogP contribution is -2.53. The molecule has 0 saturated heterocycles. The van der Waals surface area contributed by atoms with Gasteiger partial charge in [-0.1, -0.05) is 73.1 Å². The topological polar surface area (TPSA) is 172 Å². The van der Waals surface area contributed by atoms with Gasteiger partial charge < -0.3 is 30.4 Å². The van der Waals surface area contributed by atoms with Crippen LogP contribution in [0.4, 0.5) is 0 Å². The molecule has 0 spiro atoms. The van der Waals surface area contributed by atoms with Crippen LogP contribution < -0.4 is 21.9 Å². The predicted molar refractivity (Wildman–Crippen MR) is 189 cm³/mol. The fourth-order valence-electron chi connectivity index (χ4n) is 6.58. The number of cyclic esters (lactones) is 1. The van der Waals surface area contributed by atoms with Gasteiger partial charge >= 0.3 is 11.9 Å². The number of carbonyl (C=O) groups is 4. The summed E-state index contributed by atoms with van der Waals surface area (Å²) in [6.07, 6.45) is 0.548. The molecule has 260 valence electrons. The van der Waals surface area contributed by atoms with Crippen molar-refractivity contribution < 1.29 is 28.7 Å². The second kappa shape index (κ2) is 14.2. The first kappa shape index (κ1) is 35.0. The Kier molecular flexibility index (Phi) is 9.90. The smallest absolute Gasteiger partial charge is 0.355 e. The number of hydrogen-bond donors (Lipinski definition) is 3. The first-order chi connectivity index (χ1) is 23.9. The van der Waals surface area contributed by atoms with Crippen molar-refractivity contribution in [2.75, 3.05) is 6.54 Å². The molecule has 2 aromatic carbocycles. The lowest BCUT2D eigenvalue weighted by Gasteiger charge is -2.35. The summed E-state index contributed by atoms with van der Waals surface area (Å²) in [5.41, 5.74) is 7.82. The Labute approximate surface area is 296 Å². The summed E-state index contributed by atoms with van der Waals surface area (Å²) in [5.74, 6) is -2.82. The Morgan fingerprint density at radius 3 is 2.56 bits per heavy atom. The minimum Gasteiger partial charge on any atom is -0.457 e. The van der Waals surface area contributed by atoms with Crippen molar-refractivity contribution in [3.8, 4) is 11.4 Å². The highest BCUT2D eigenvalue weighted by Crippen LogP contribution is 2.41. The average Bonchev–Trinajstić information content (AvgIpc) is 3.45. The number of esters is 2. The molecular weight excluding hydrogens is 706 g/mol. The number of ether oxygens (including phenoxy) is 2. The Bertz CT molecular complexity index is 2070. The van der Waals surface area contributed by atoms with Crippen molar-refractivity contribution in [3.63, 3.8) is 0 Å². The van der Waals surface area contributed by atoms with Crippen molar-refractivity contribution in [2.24, 2.45) is 11.7 Å². The van der Waals surface area contributed by atoms with Gasteiger partial charge in [-0.05, 0) is 55.0 Å². The van der Waals surface area contributed by atoms with Crippen LogP contribution in [0.2, 0.25) is 0 Å². The number of halogens is 1. The number of hydrogen-bond acceptors (Lipinski definition) is 9. The van der Waals surface area contributed by atoms with Crippen molar-refractivity contribution >= 4 is 50.6 Å². The maximum atomic E-state index is 13.8. The van der Waals surface area contributed by atoms with Gasteiger partial charge in [0.1, 0.15) is 19.2 Å². The van der Waals surface area contributed by atoms with E-state index in [1.807, 2.05) is 68.4 Å². The van der Waals surface area contributed by atoms with Crippen LogP contribution in [0.15, 0.2) is 69.9 Å². The molecule has 12 nitrogen and oxygen atoms in total. The standard InChI is InChI=1S/C37H38BrN5O7/c1-4-37(50-31(44)17-40-34(46)29(13-20(2)3)42-33(45)27(39)14-21-9-6-5-7-10-21)25-16-30-32-22(15-23-26(38)11-8-12-28(23)41-32)18-43(30)35(47)24(25)19-49-36(37)48/h5-12,15-16,20,27,29H,4,13-14,17-19,39H2,1-3H3,(H,40,46)(H,42,45)/t27-,29-,37-/m0/s1. The van der Waals surface area contributed by atoms with Crippen molar-refractivity contribution in [2.45, 2.75) is 70.9 Å². The molecule has 2 amide bonds. The van der Waals surface area contributed by atoms with Crippen molar-refractivity contribution in [1.29, 1.82) is 0 Å². The summed E-state index contributed by atoms with van der Waals surface area (Å²) in [5, 5.41) is 6.16. The Morgan fingerprint density at radius 1 is 1.08 bits per heavy atom. The van der Waals surface area contributed by atoms with Gasteiger partial charge in [0.15, 0.2) is 0 Å². The number of aromatic nitrogens is 2. The van der Waals surface area contributed by atoms with E-state index < -0.39 is 48.0 Å². The summed E-state index contributed by atoms with van der Waals surface area (Å²) in [7, 11) is 0. The molecule has 2 aromatic heterocycles. The Balaban J connectivity index is 1.21. The van der Waals surface area contributed by atoms with Gasteiger partial charge in [0.25, 0.3) is 5.56 Å². The zero-order chi connectivity index (χ0) is 35.7. The predicted octanol–water partition coefficient (Wildman–Crippen LogP) is 3.61. The van der Waals surface area contributed by atoms with Gasteiger partial charge in [-0.25, -0.2) is 9.78 Å². The van der Waals surface area contributed by atoms with Gasteiger partial charge in [0.05, 0.1) is 35.1 Å². The highest BCUT2D eigenvalue weighted by Gasteiger charge is 2.50. The van der Waals surface area contributed by atoms with Crippen molar-refractivity contribution in [1.82, 2.24) is 20.2 Å². The number of pyridine rings is 2. The molecule has 2 aliphatic heterocycles. The fourth-order valence-corrected chi connectivity index (χ4v) is 7.05. The minimum absolute atomic E-state index is 0.0280. The molecule has 50 heavy (non-hydrogen) atoms. The summed E-state index contributed by atoms with van der Waals surface area (Å²) >= 11 is 3.57. The molecule has 0 bridgehead atoms. The molecule has 13 heteroatoms. The lowest BCUT2D eigenvalue weighted by molar-refractivity contribution is -0.189. The first-order valence-corrected chi connectivity index (χ1v) is 17.3. The van der Waals surface area contributed by atoms with Gasteiger partial charge in [-0.15, -0.1) is 0 Å². The van der Waals surface area contributed by atoms with Crippen LogP contribution in [0.1, 0.15) is 55.9 Å². The van der Waals surface area contributed by atoms with E-state index in [0.29, 0.717) is 17.8 Å². The molecule has 0 radical (unpaired) electrons. The second-order valence-corrected chi connectivity index (χ2v) is 13.9. The SMILES string of the molecule is CC[C@@]1(OC(=O)CNC(=O)[C@H](CC(C)C)NC(=O)[C@@H](N)Cc2ccccc2)C(=O)OCc2c1cc1n(c2=O)Cc2cc3c(Br)cccc3nc2-1. The molecule has 3 atom stereocenters. The Hall–Kier alpha value is -4.88. The third kappa shape index (κ3) is 6.67. The van der Waals surface area contributed by atoms with E-state index in [1.54, 1.807) is 17.6 Å². The third-order valence-corrected chi connectivity index (χ3v) is 9.83. The number of amides is 2. The number of benzene rings is 2. The molecule has 2 aliphatic rings. The summed E-state index contributed by atoms with van der Waals surface area (Å²) in [4.78, 5) is 71.7. The zero-order valence-electron chi connectivity index (χ0n) is 28.0. The Morgan fingerprint density at radius 2 is 1.84 bits per heavy atom. The van der Waals surface area contributed by atoms with E-state index in [1.165, 1.54) is 0 Å². The number of nitrogens with zero attached hydrogens (tertiary/aromatic N) is 2. The summed E-state index contributed by atoms with van der Waals surface area (Å²) < 4.78 is 13.7. The number of rotatable bonds is 11. The minimum atomic E-state index is -1.93. The van der Waals surface area contributed by atoms with Crippen LogP contribution in [-0.2, 0) is 53.8 Å². The average molecular weight is 745 g/mol. The molecule has 0 unspecified atom stereocenters. The van der Waals surface area contributed by atoms with Gasteiger partial charge in [0.2, 0.25) is 17.4 Å². The van der Waals surface area contributed by atoms with Crippen LogP contribution >= 0.6 is 15.9 Å². The maximum absolute atomic E-state index is 13.8. The number of carbonyl (C=O) groups excluding carboxylic acids is 4. The van der Waals surface area contributed by atoms with E-state index in [2.05, 4.69) is 26.6 Å². The van der Waals surface area contributed by atoms with Gasteiger partial charge in [-0.3, -0.25) is 19.2 Å². The van der Waals surface area contributed by atoms with E-state index in [9.17, 15) is 24.0 Å². The molecule has 6 rings (SSSR count). The first-order valence-electron chi connectivity index (χ1n) is 16.5. The highest BCUT2D eigenvalue weighted by molar-refractivity contribution is 9.10. The number of nitrogens with two attached hydrogens (primary N) is 1. The van der Waals surface area contributed by atoms with E-state index >= 15 is 0 Å². The summed E-state index contributed by atoms with van der Waals surface area (Å²) in [6.45, 7) is 4.86. The van der Waals surface area contributed by atoms with Crippen molar-refractivity contribution in [3.05, 3.63) is 97.7 Å². The van der Waals surface area contributed by atoms with Crippen LogP contribution in [0.5, 0.6) is 0 Å². The molecule has 4 heterocycles. The summed E-state index contributed by atoms with van der Waals surface area (Å²) in [6, 6.07) is 16.8. The highest BCUT2D eigenvalue weighted by atomic mass is 79.9. The fraction of sp³-hybridized carbons (Fsp3) is 0.351. The molecule has 4 N–H and O–H groups in total. The van der Waals surface area contributed by atoms with E-state index in [-0.39, 0.29) is 48.6 Å². The van der Waals surface area contributed by atoms with E-state index in [4.69, 9.17) is 20.2 Å². The molecular formula is C37H38BrN5O7. The van der Waals surface area contributed by atoms with Crippen LogP contribution in [-0.4, -0.2) is 51.9 Å². The molecule has 0 fully saturated rings. The molecule has 0 saturated carbocycles. The van der Waals surface area contributed by atoms with E-state index in [0.717, 1.165) is 26.5 Å². The maximum Gasteiger partial charge on any atom is 0.355 e. The monoisotopic (exact) mass is 743 g/mol. The third-order valence-electron chi connectivity index (χ3n) is 9.14. The molecule has 4 aromatic rings. The number of nitrogens with one attached hydrogen (secondary N) is 2. The quantitative estimate of drug-likeness (QED) is 0.171. The van der Waals surface area contributed by atoms with Crippen LogP contribution in [0.3, 0.4) is 0 Å². The second-order valence-electron chi connectivity index (χ2n) is 13.1. The van der Waals surface area contributed by atoms with Crippen LogP contribution in [0, 0.1) is 5.92 Å². The van der Waals surface area contributed by atoms with Gasteiger partial charge in [0, 0.05) is 21.0 Å². The normalized spacial score (nSPS) is 17.3. The van der Waals surface area contributed by atoms with Gasteiger partial charge in [-0.2, -0.15) is 0 Å². The molecule has 0 aliphatic carbocycles. The number of fused-ring (bicyclic) bond motifs is 5. The zero-order valence-corrected chi connectivity index (χ0v) is 29.5.